The number of carboxylic acid groups (broad SMARTS) is 2. The summed E-state index contributed by atoms with van der Waals surface area (Å²) in [7, 11) is 1.52. The fourth-order valence-electron chi connectivity index (χ4n) is 1.20. The van der Waals surface area contributed by atoms with Crippen LogP contribution in [0.1, 0.15) is 6.92 Å². The molecule has 0 aromatic heterocycles. The van der Waals surface area contributed by atoms with Crippen LogP contribution < -0.4 is 0 Å². The van der Waals surface area contributed by atoms with Crippen molar-refractivity contribution in [3.63, 3.8) is 0 Å². The lowest BCUT2D eigenvalue weighted by Crippen LogP contribution is -2.49. The maximum Gasteiger partial charge on any atom is 0.334 e. The van der Waals surface area contributed by atoms with Crippen molar-refractivity contribution in [1.82, 2.24) is 4.90 Å². The van der Waals surface area contributed by atoms with Crippen LogP contribution in [-0.4, -0.2) is 50.8 Å². The van der Waals surface area contributed by atoms with E-state index in [0.29, 0.717) is 5.75 Å². The molecule has 0 aromatic rings. The molecule has 1 rings (SSSR count). The quantitative estimate of drug-likeness (QED) is 0.656. The van der Waals surface area contributed by atoms with E-state index in [1.54, 1.807) is 0 Å². The molecule has 0 aromatic carbocycles. The normalized spacial score (nSPS) is 34.8. The van der Waals surface area contributed by atoms with Crippen molar-refractivity contribution in [1.29, 1.82) is 0 Å². The maximum absolute atomic E-state index is 10.8. The van der Waals surface area contributed by atoms with E-state index in [1.807, 2.05) is 0 Å². The minimum atomic E-state index is -1.11. The van der Waals surface area contributed by atoms with Crippen molar-refractivity contribution >= 4 is 23.7 Å². The number of carbonyl (C=O) groups is 2. The van der Waals surface area contributed by atoms with Gasteiger partial charge in [-0.25, -0.2) is 4.79 Å². The minimum Gasteiger partial charge on any atom is -0.480 e. The van der Waals surface area contributed by atoms with Gasteiger partial charge in [-0.15, -0.1) is 11.8 Å². The molecule has 1 saturated heterocycles. The Morgan fingerprint density at radius 3 is 2.31 bits per heavy atom. The molecular weight excluding hydrogens is 194 g/mol. The van der Waals surface area contributed by atoms with Crippen molar-refractivity contribution < 1.29 is 19.8 Å². The van der Waals surface area contributed by atoms with E-state index < -0.39 is 22.9 Å². The molecule has 0 saturated carbocycles. The monoisotopic (exact) mass is 205 g/mol. The van der Waals surface area contributed by atoms with Crippen LogP contribution in [0.4, 0.5) is 0 Å². The summed E-state index contributed by atoms with van der Waals surface area (Å²) in [5.41, 5.74) is 0. The Bertz CT molecular complexity index is 257. The molecule has 0 aliphatic carbocycles. The summed E-state index contributed by atoms with van der Waals surface area (Å²) in [5, 5.41) is 17.6. The predicted octanol–water partition coefficient (Wildman–Crippen LogP) is -0.0810. The number of thioether (sulfide) groups is 1. The van der Waals surface area contributed by atoms with Gasteiger partial charge in [0.25, 0.3) is 0 Å². The second-order valence-electron chi connectivity index (χ2n) is 3.06. The summed E-state index contributed by atoms with van der Waals surface area (Å²) in [4.78, 5) is 21.8. The summed E-state index contributed by atoms with van der Waals surface area (Å²) < 4.78 is 0. The van der Waals surface area contributed by atoms with Crippen molar-refractivity contribution in [3.8, 4) is 0 Å². The highest BCUT2D eigenvalue weighted by atomic mass is 32.2. The first kappa shape index (κ1) is 10.3. The van der Waals surface area contributed by atoms with Crippen LogP contribution in [0.15, 0.2) is 0 Å². The SMILES string of the molecule is CN1C(C(=O)O)CSC1(C)C(=O)O. The van der Waals surface area contributed by atoms with Crippen molar-refractivity contribution in [2.75, 3.05) is 12.8 Å². The Hall–Kier alpha value is -0.750. The van der Waals surface area contributed by atoms with Gasteiger partial charge in [0.05, 0.1) is 0 Å². The highest BCUT2D eigenvalue weighted by Gasteiger charge is 2.49. The third-order valence-corrected chi connectivity index (χ3v) is 3.85. The summed E-state index contributed by atoms with van der Waals surface area (Å²) in [6, 6.07) is -0.703. The number of hydrogen-bond acceptors (Lipinski definition) is 4. The predicted molar refractivity (Wildman–Crippen MR) is 47.7 cm³/mol. The Balaban J connectivity index is 2.87. The van der Waals surface area contributed by atoms with E-state index in [-0.39, 0.29) is 0 Å². The van der Waals surface area contributed by atoms with Crippen LogP contribution >= 0.6 is 11.8 Å². The lowest BCUT2D eigenvalue weighted by Gasteiger charge is -2.28. The van der Waals surface area contributed by atoms with Gasteiger partial charge in [0.2, 0.25) is 0 Å². The average Bonchev–Trinajstić information content (AvgIpc) is 2.30. The largest absolute Gasteiger partial charge is 0.480 e. The first-order valence-corrected chi connectivity index (χ1v) is 4.71. The van der Waals surface area contributed by atoms with Crippen LogP contribution in [0.25, 0.3) is 0 Å². The Kier molecular flexibility index (Phi) is 2.53. The molecule has 1 aliphatic heterocycles. The zero-order valence-corrected chi connectivity index (χ0v) is 8.17. The molecule has 2 unspecified atom stereocenters. The summed E-state index contributed by atoms with van der Waals surface area (Å²) in [6.45, 7) is 1.52. The number of hydrogen-bond donors (Lipinski definition) is 2. The van der Waals surface area contributed by atoms with Crippen LogP contribution in [-0.2, 0) is 9.59 Å². The second kappa shape index (κ2) is 3.19. The Morgan fingerprint density at radius 2 is 2.08 bits per heavy atom. The maximum atomic E-state index is 10.8. The summed E-state index contributed by atoms with van der Waals surface area (Å²) in [6.07, 6.45) is 0. The number of rotatable bonds is 2. The molecule has 2 N–H and O–H groups in total. The topological polar surface area (TPSA) is 77.8 Å². The van der Waals surface area contributed by atoms with Gasteiger partial charge in [-0.2, -0.15) is 0 Å². The van der Waals surface area contributed by atoms with E-state index >= 15 is 0 Å². The van der Waals surface area contributed by atoms with E-state index in [0.717, 1.165) is 11.8 Å². The summed E-state index contributed by atoms with van der Waals surface area (Å²) >= 11 is 1.14. The van der Waals surface area contributed by atoms with E-state index in [2.05, 4.69) is 0 Å². The van der Waals surface area contributed by atoms with Crippen LogP contribution in [0.2, 0.25) is 0 Å². The van der Waals surface area contributed by atoms with Crippen molar-refractivity contribution in [3.05, 3.63) is 0 Å². The van der Waals surface area contributed by atoms with Crippen molar-refractivity contribution in [2.45, 2.75) is 17.8 Å². The minimum absolute atomic E-state index is 0.314. The smallest absolute Gasteiger partial charge is 0.334 e. The molecule has 1 fully saturated rings. The third-order valence-electron chi connectivity index (χ3n) is 2.34. The number of likely N-dealkylation sites (N-methyl/N-ethyl adjacent to an activating group) is 1. The van der Waals surface area contributed by atoms with E-state index in [9.17, 15) is 9.59 Å². The highest BCUT2D eigenvalue weighted by Crippen LogP contribution is 2.38. The van der Waals surface area contributed by atoms with Crippen LogP contribution in [0.5, 0.6) is 0 Å². The zero-order chi connectivity index (χ0) is 10.2. The lowest BCUT2D eigenvalue weighted by atomic mass is 10.2. The van der Waals surface area contributed by atoms with E-state index in [1.165, 1.54) is 18.9 Å². The first-order chi connectivity index (χ1) is 5.89. The first-order valence-electron chi connectivity index (χ1n) is 3.72. The highest BCUT2D eigenvalue weighted by molar-refractivity contribution is 8.01. The van der Waals surface area contributed by atoms with Gasteiger partial charge in [0.15, 0.2) is 4.87 Å². The summed E-state index contributed by atoms with van der Waals surface area (Å²) in [5.74, 6) is -1.65. The molecule has 0 radical (unpaired) electrons. The molecule has 0 amide bonds. The molecule has 2 atom stereocenters. The molecule has 0 bridgehead atoms. The molecule has 74 valence electrons. The second-order valence-corrected chi connectivity index (χ2v) is 4.48. The standard InChI is InChI=1S/C7H11NO4S/c1-7(6(11)12)8(2)4(3-13-7)5(9)10/h4H,3H2,1-2H3,(H,9,10)(H,11,12). The number of nitrogens with zero attached hydrogens (tertiary/aromatic N) is 1. The molecule has 5 nitrogen and oxygen atoms in total. The van der Waals surface area contributed by atoms with Gasteiger partial charge in [-0.1, -0.05) is 0 Å². The number of aliphatic carboxylic acids is 2. The van der Waals surface area contributed by atoms with Gasteiger partial charge in [0, 0.05) is 5.75 Å². The van der Waals surface area contributed by atoms with Gasteiger partial charge < -0.3 is 10.2 Å². The molecule has 0 spiro atoms. The lowest BCUT2D eigenvalue weighted by molar-refractivity contribution is -0.148. The fourth-order valence-corrected chi connectivity index (χ4v) is 2.50. The van der Waals surface area contributed by atoms with Gasteiger partial charge in [-0.3, -0.25) is 9.69 Å². The van der Waals surface area contributed by atoms with Crippen LogP contribution in [0.3, 0.4) is 0 Å². The van der Waals surface area contributed by atoms with Gasteiger partial charge in [-0.05, 0) is 14.0 Å². The third kappa shape index (κ3) is 1.51. The van der Waals surface area contributed by atoms with Gasteiger partial charge >= 0.3 is 11.9 Å². The Labute approximate surface area is 79.7 Å². The molecule has 1 heterocycles. The van der Waals surface area contributed by atoms with Crippen molar-refractivity contribution in [2.24, 2.45) is 0 Å². The zero-order valence-electron chi connectivity index (χ0n) is 7.35. The molecular formula is C7H11NO4S. The van der Waals surface area contributed by atoms with Crippen LogP contribution in [0, 0.1) is 0 Å². The molecule has 6 heteroatoms. The van der Waals surface area contributed by atoms with E-state index in [4.69, 9.17) is 10.2 Å². The molecule has 13 heavy (non-hydrogen) atoms. The average molecular weight is 205 g/mol. The van der Waals surface area contributed by atoms with Gasteiger partial charge in [0.1, 0.15) is 6.04 Å². The fraction of sp³-hybridized carbons (Fsp3) is 0.714. The number of carboxylic acids is 2. The Morgan fingerprint density at radius 1 is 1.54 bits per heavy atom. The molecule has 1 aliphatic rings.